The molecule has 1 saturated carbocycles. The van der Waals surface area contributed by atoms with Crippen LogP contribution in [-0.2, 0) is 13.0 Å². The van der Waals surface area contributed by atoms with Crippen LogP contribution >= 0.6 is 12.2 Å². The van der Waals surface area contributed by atoms with Crippen LogP contribution in [0.25, 0.3) is 0 Å². The minimum absolute atomic E-state index is 0.497. The fourth-order valence-corrected chi connectivity index (χ4v) is 6.01. The van der Waals surface area contributed by atoms with E-state index in [1.165, 1.54) is 79.4 Å². The molecule has 1 heterocycles. The zero-order valence-electron chi connectivity index (χ0n) is 21.0. The first kappa shape index (κ1) is 24.1. The fraction of sp³-hybridized carbons (Fsp3) is 0.552. The van der Waals surface area contributed by atoms with Gasteiger partial charge in [-0.1, -0.05) is 51.0 Å². The molecule has 0 aromatic heterocycles. The molecule has 178 valence electrons. The van der Waals surface area contributed by atoms with Crippen molar-refractivity contribution in [1.29, 1.82) is 0 Å². The maximum Gasteiger partial charge on any atom is 0.173 e. The number of nitrogens with one attached hydrogen (secondary N) is 1. The Hall–Kier alpha value is -2.07. The molecular formula is C29H41N3S. The molecule has 0 radical (unpaired) electrons. The fourth-order valence-electron chi connectivity index (χ4n) is 5.70. The molecule has 2 atom stereocenters. The van der Waals surface area contributed by atoms with E-state index in [1.807, 2.05) is 0 Å². The van der Waals surface area contributed by atoms with Crippen molar-refractivity contribution in [1.82, 2.24) is 4.90 Å². The highest BCUT2D eigenvalue weighted by atomic mass is 32.1. The Kier molecular flexibility index (Phi) is 7.95. The Morgan fingerprint density at radius 1 is 1.12 bits per heavy atom. The van der Waals surface area contributed by atoms with Gasteiger partial charge in [0.05, 0.1) is 0 Å². The van der Waals surface area contributed by atoms with Crippen LogP contribution in [0.2, 0.25) is 0 Å². The van der Waals surface area contributed by atoms with E-state index in [9.17, 15) is 0 Å². The molecule has 3 nitrogen and oxygen atoms in total. The monoisotopic (exact) mass is 463 g/mol. The van der Waals surface area contributed by atoms with Gasteiger partial charge in [0.15, 0.2) is 5.11 Å². The average Bonchev–Trinajstić information content (AvgIpc) is 2.81. The number of fused-ring (bicyclic) bond motifs is 1. The van der Waals surface area contributed by atoms with E-state index in [1.54, 1.807) is 0 Å². The summed E-state index contributed by atoms with van der Waals surface area (Å²) in [6.07, 6.45) is 8.81. The van der Waals surface area contributed by atoms with Crippen molar-refractivity contribution >= 4 is 28.7 Å². The molecule has 4 rings (SSSR count). The Morgan fingerprint density at radius 3 is 2.73 bits per heavy atom. The normalized spacial score (nSPS) is 20.3. The van der Waals surface area contributed by atoms with Gasteiger partial charge in [-0.3, -0.25) is 0 Å². The predicted octanol–water partition coefficient (Wildman–Crippen LogP) is 7.24. The number of anilines is 2. The Labute approximate surface area is 206 Å². The lowest BCUT2D eigenvalue weighted by Crippen LogP contribution is -2.46. The predicted molar refractivity (Wildman–Crippen MR) is 146 cm³/mol. The van der Waals surface area contributed by atoms with Gasteiger partial charge in [0.2, 0.25) is 0 Å². The minimum Gasteiger partial charge on any atom is -0.371 e. The van der Waals surface area contributed by atoms with Gasteiger partial charge in [-0.25, -0.2) is 0 Å². The number of hydrogen-bond acceptors (Lipinski definition) is 2. The Balaban J connectivity index is 1.59. The molecule has 0 bridgehead atoms. The minimum atomic E-state index is 0.497. The third-order valence-corrected chi connectivity index (χ3v) is 8.12. The summed E-state index contributed by atoms with van der Waals surface area (Å²) in [5.41, 5.74) is 8.05. The highest BCUT2D eigenvalue weighted by Crippen LogP contribution is 2.32. The second-order valence-corrected chi connectivity index (χ2v) is 10.6. The quantitative estimate of drug-likeness (QED) is 0.455. The average molecular weight is 464 g/mol. The number of rotatable bonds is 6. The number of nitrogens with zero attached hydrogens (tertiary/aromatic N) is 2. The van der Waals surface area contributed by atoms with Crippen LogP contribution < -0.4 is 10.2 Å². The third kappa shape index (κ3) is 5.54. The van der Waals surface area contributed by atoms with E-state index in [-0.39, 0.29) is 0 Å². The highest BCUT2D eigenvalue weighted by molar-refractivity contribution is 7.80. The standard InChI is InChI=1S/C29H41N3S/c1-5-17-31-18-9-12-25-19-24(15-16-28(25)31)20-32(27-14-7-6-10-22(27)3)29(33)30-26-13-8-11-21(2)23(26)4/h8,11,13,15-16,19,22,27H,5-7,9-10,12,14,17-18,20H2,1-4H3,(H,30,33)/t22-,27-/m0/s1. The summed E-state index contributed by atoms with van der Waals surface area (Å²) in [5.74, 6) is 0.662. The second kappa shape index (κ2) is 10.9. The maximum absolute atomic E-state index is 6.07. The lowest BCUT2D eigenvalue weighted by molar-refractivity contribution is 0.177. The first-order chi connectivity index (χ1) is 16.0. The maximum atomic E-state index is 6.07. The lowest BCUT2D eigenvalue weighted by atomic mass is 9.84. The van der Waals surface area contributed by atoms with Crippen molar-refractivity contribution in [2.45, 2.75) is 85.2 Å². The molecule has 1 aliphatic carbocycles. The molecule has 0 amide bonds. The van der Waals surface area contributed by atoms with Crippen LogP contribution in [0.15, 0.2) is 36.4 Å². The zero-order chi connectivity index (χ0) is 23.4. The summed E-state index contributed by atoms with van der Waals surface area (Å²) in [6, 6.07) is 14.1. The molecule has 1 fully saturated rings. The van der Waals surface area contributed by atoms with Gasteiger partial charge in [-0.15, -0.1) is 0 Å². The van der Waals surface area contributed by atoms with Gasteiger partial charge in [0, 0.05) is 37.1 Å². The van der Waals surface area contributed by atoms with Crippen molar-refractivity contribution in [2.75, 3.05) is 23.3 Å². The van der Waals surface area contributed by atoms with Crippen LogP contribution in [0, 0.1) is 19.8 Å². The number of thiocarbonyl (C=S) groups is 1. The van der Waals surface area contributed by atoms with Crippen molar-refractivity contribution < 1.29 is 0 Å². The van der Waals surface area contributed by atoms with E-state index in [4.69, 9.17) is 12.2 Å². The van der Waals surface area contributed by atoms with Crippen molar-refractivity contribution in [3.05, 3.63) is 58.7 Å². The van der Waals surface area contributed by atoms with Crippen LogP contribution in [0.1, 0.15) is 74.6 Å². The summed E-state index contributed by atoms with van der Waals surface area (Å²) in [7, 11) is 0. The molecule has 0 unspecified atom stereocenters. The summed E-state index contributed by atoms with van der Waals surface area (Å²) in [4.78, 5) is 5.06. The molecule has 4 heteroatoms. The molecule has 2 aliphatic rings. The van der Waals surface area contributed by atoms with Crippen molar-refractivity contribution in [3.63, 3.8) is 0 Å². The third-order valence-electron chi connectivity index (χ3n) is 7.78. The van der Waals surface area contributed by atoms with Gasteiger partial charge in [-0.05, 0) is 98.5 Å². The number of aryl methyl sites for hydroxylation is 2. The molecule has 2 aromatic carbocycles. The summed E-state index contributed by atoms with van der Waals surface area (Å²) in [5, 5.41) is 4.49. The summed E-state index contributed by atoms with van der Waals surface area (Å²) in [6.45, 7) is 12.3. The first-order valence-electron chi connectivity index (χ1n) is 13.0. The molecule has 0 spiro atoms. The van der Waals surface area contributed by atoms with Gasteiger partial charge >= 0.3 is 0 Å². The Morgan fingerprint density at radius 2 is 1.94 bits per heavy atom. The summed E-state index contributed by atoms with van der Waals surface area (Å²) >= 11 is 6.07. The smallest absolute Gasteiger partial charge is 0.173 e. The molecule has 0 saturated heterocycles. The number of benzene rings is 2. The summed E-state index contributed by atoms with van der Waals surface area (Å²) < 4.78 is 0. The Bertz CT molecular complexity index is 969. The first-order valence-corrected chi connectivity index (χ1v) is 13.4. The molecular weight excluding hydrogens is 422 g/mol. The molecule has 2 aromatic rings. The highest BCUT2D eigenvalue weighted by Gasteiger charge is 2.29. The van der Waals surface area contributed by atoms with Gasteiger partial charge in [0.25, 0.3) is 0 Å². The van der Waals surface area contributed by atoms with Gasteiger partial charge in [-0.2, -0.15) is 0 Å². The molecule has 33 heavy (non-hydrogen) atoms. The van der Waals surface area contributed by atoms with Crippen LogP contribution in [0.3, 0.4) is 0 Å². The van der Waals surface area contributed by atoms with Crippen LogP contribution in [0.5, 0.6) is 0 Å². The zero-order valence-corrected chi connectivity index (χ0v) is 21.8. The number of hydrogen-bond donors (Lipinski definition) is 1. The lowest BCUT2D eigenvalue weighted by Gasteiger charge is -2.40. The van der Waals surface area contributed by atoms with Gasteiger partial charge in [0.1, 0.15) is 0 Å². The second-order valence-electron chi connectivity index (χ2n) is 10.2. The van der Waals surface area contributed by atoms with E-state index in [0.29, 0.717) is 12.0 Å². The van der Waals surface area contributed by atoms with E-state index >= 15 is 0 Å². The molecule has 1 aliphatic heterocycles. The van der Waals surface area contributed by atoms with Gasteiger partial charge < -0.3 is 15.1 Å². The van der Waals surface area contributed by atoms with Crippen LogP contribution in [0.4, 0.5) is 11.4 Å². The van der Waals surface area contributed by atoms with E-state index in [2.05, 4.69) is 79.2 Å². The van der Waals surface area contributed by atoms with Crippen molar-refractivity contribution in [2.24, 2.45) is 5.92 Å². The van der Waals surface area contributed by atoms with E-state index < -0.39 is 0 Å². The SMILES string of the molecule is CCCN1CCCc2cc(CN(C(=S)Nc3cccc(C)c3C)[C@H]3CCCC[C@@H]3C)ccc21. The molecule has 1 N–H and O–H groups in total. The largest absolute Gasteiger partial charge is 0.371 e. The van der Waals surface area contributed by atoms with Crippen LogP contribution in [-0.4, -0.2) is 29.1 Å². The van der Waals surface area contributed by atoms with Crippen molar-refractivity contribution in [3.8, 4) is 0 Å². The topological polar surface area (TPSA) is 18.5 Å². The van der Waals surface area contributed by atoms with E-state index in [0.717, 1.165) is 23.9 Å².